The molecule has 0 radical (unpaired) electrons. The van der Waals surface area contributed by atoms with E-state index in [9.17, 15) is 14.4 Å². The van der Waals surface area contributed by atoms with Gasteiger partial charge in [0.1, 0.15) is 5.82 Å². The van der Waals surface area contributed by atoms with Crippen molar-refractivity contribution in [2.24, 2.45) is 0 Å². The van der Waals surface area contributed by atoms with Gasteiger partial charge in [-0.15, -0.1) is 11.3 Å². The Morgan fingerprint density at radius 1 is 1.12 bits per heavy atom. The number of pyridine rings is 1. The van der Waals surface area contributed by atoms with E-state index in [1.54, 1.807) is 12.3 Å². The van der Waals surface area contributed by atoms with E-state index in [4.69, 9.17) is 5.73 Å². The molecule has 0 spiro atoms. The topological polar surface area (TPSA) is 129 Å². The molecule has 5 rings (SSSR count). The van der Waals surface area contributed by atoms with Crippen LogP contribution in [0.2, 0.25) is 0 Å². The molecule has 5 N–H and O–H groups in total. The number of fused-ring (bicyclic) bond motifs is 1. The molecule has 2 aromatic heterocycles. The highest BCUT2D eigenvalue weighted by Gasteiger charge is 2.19. The highest BCUT2D eigenvalue weighted by Crippen LogP contribution is 2.39. The molecule has 1 aliphatic rings. The van der Waals surface area contributed by atoms with E-state index in [1.165, 1.54) is 17.4 Å². The predicted molar refractivity (Wildman–Crippen MR) is 166 cm³/mol. The van der Waals surface area contributed by atoms with Gasteiger partial charge in [-0.1, -0.05) is 24.3 Å². The fourth-order valence-electron chi connectivity index (χ4n) is 4.81. The van der Waals surface area contributed by atoms with Gasteiger partial charge in [-0.05, 0) is 66.6 Å². The van der Waals surface area contributed by atoms with Crippen LogP contribution < -0.4 is 21.7 Å². The third-order valence-electron chi connectivity index (χ3n) is 6.87. The Morgan fingerprint density at radius 2 is 1.93 bits per heavy atom. The Kier molecular flexibility index (Phi) is 8.59. The van der Waals surface area contributed by atoms with Gasteiger partial charge in [-0.3, -0.25) is 9.59 Å². The van der Waals surface area contributed by atoms with Crippen molar-refractivity contribution >= 4 is 62.5 Å². The van der Waals surface area contributed by atoms with Crippen LogP contribution in [0.1, 0.15) is 30.4 Å². The summed E-state index contributed by atoms with van der Waals surface area (Å²) in [4.78, 5) is 42.7. The van der Waals surface area contributed by atoms with Crippen molar-refractivity contribution in [3.05, 3.63) is 77.3 Å². The number of urea groups is 1. The molecule has 10 heteroatoms. The number of rotatable bonds is 9. The number of carbonyl (C=O) groups excluding carboxylic acids is 3. The lowest BCUT2D eigenvalue weighted by Crippen LogP contribution is -2.29. The van der Waals surface area contributed by atoms with Gasteiger partial charge in [0, 0.05) is 70.9 Å². The van der Waals surface area contributed by atoms with Crippen LogP contribution in [0, 0.1) is 6.92 Å². The van der Waals surface area contributed by atoms with E-state index >= 15 is 0 Å². The van der Waals surface area contributed by atoms with Crippen molar-refractivity contribution in [2.45, 2.75) is 26.2 Å². The van der Waals surface area contributed by atoms with Crippen molar-refractivity contribution in [3.8, 4) is 11.1 Å². The second-order valence-electron chi connectivity index (χ2n) is 9.94. The quantitative estimate of drug-likeness (QED) is 0.153. The van der Waals surface area contributed by atoms with Crippen molar-refractivity contribution in [1.82, 2.24) is 15.2 Å². The molecule has 2 aromatic carbocycles. The molecule has 4 amide bonds. The highest BCUT2D eigenvalue weighted by atomic mass is 32.1. The third-order valence-corrected chi connectivity index (χ3v) is 7.90. The normalized spacial score (nSPS) is 13.2. The molecule has 9 nitrogen and oxygen atoms in total. The molecule has 0 saturated carbocycles. The molecule has 0 atom stereocenters. The molecule has 1 saturated heterocycles. The fourth-order valence-corrected chi connectivity index (χ4v) is 5.89. The molecular formula is C31H32N6O3S. The minimum Gasteiger partial charge on any atom is -0.383 e. The lowest BCUT2D eigenvalue weighted by atomic mass is 10.0. The number of carbonyl (C=O) groups is 3. The zero-order valence-corrected chi connectivity index (χ0v) is 23.6. The maximum absolute atomic E-state index is 12.4. The summed E-state index contributed by atoms with van der Waals surface area (Å²) in [7, 11) is 0. The zero-order chi connectivity index (χ0) is 28.8. The third kappa shape index (κ3) is 6.90. The molecule has 41 heavy (non-hydrogen) atoms. The number of thiophene rings is 1. The number of hydrogen-bond acceptors (Lipinski definition) is 6. The van der Waals surface area contributed by atoms with E-state index in [-0.39, 0.29) is 17.8 Å². The monoisotopic (exact) mass is 568 g/mol. The Balaban J connectivity index is 1.22. The number of nitrogen functional groups attached to an aromatic ring is 1. The SMILES string of the molecule is Cc1cccc(NC(=O)Nc2ccc(-c3csc4c(/C=C/C(=O)NCCCN5CCCC5=O)cnc(N)c34)cc2)c1. The summed E-state index contributed by atoms with van der Waals surface area (Å²) in [6, 6.07) is 14.8. The number of aromatic nitrogens is 1. The first-order chi connectivity index (χ1) is 19.9. The average Bonchev–Trinajstić information content (AvgIpc) is 3.58. The Hall–Kier alpha value is -4.70. The van der Waals surface area contributed by atoms with E-state index < -0.39 is 0 Å². The van der Waals surface area contributed by atoms with Crippen LogP contribution in [0.4, 0.5) is 22.0 Å². The minimum absolute atomic E-state index is 0.195. The van der Waals surface area contributed by atoms with Gasteiger partial charge in [-0.25, -0.2) is 9.78 Å². The fraction of sp³-hybridized carbons (Fsp3) is 0.226. The van der Waals surface area contributed by atoms with Crippen molar-refractivity contribution in [1.29, 1.82) is 0 Å². The summed E-state index contributed by atoms with van der Waals surface area (Å²) in [5.41, 5.74) is 11.4. The molecule has 1 aliphatic heterocycles. The first kappa shape index (κ1) is 27.9. The number of nitrogens with one attached hydrogen (secondary N) is 3. The van der Waals surface area contributed by atoms with Gasteiger partial charge in [0.2, 0.25) is 11.8 Å². The number of hydrogen-bond donors (Lipinski definition) is 4. The maximum atomic E-state index is 12.4. The van der Waals surface area contributed by atoms with Crippen LogP contribution in [-0.4, -0.2) is 47.4 Å². The number of benzene rings is 2. The van der Waals surface area contributed by atoms with Crippen LogP contribution in [0.3, 0.4) is 0 Å². The number of anilines is 3. The minimum atomic E-state index is -0.320. The van der Waals surface area contributed by atoms with E-state index in [2.05, 4.69) is 20.9 Å². The first-order valence-corrected chi connectivity index (χ1v) is 14.4. The lowest BCUT2D eigenvalue weighted by molar-refractivity contribution is -0.127. The average molecular weight is 569 g/mol. The number of aryl methyl sites for hydroxylation is 1. The van der Waals surface area contributed by atoms with Gasteiger partial charge in [-0.2, -0.15) is 0 Å². The van der Waals surface area contributed by atoms with Crippen LogP contribution >= 0.6 is 11.3 Å². The molecule has 3 heterocycles. The van der Waals surface area contributed by atoms with Gasteiger partial charge in [0.25, 0.3) is 0 Å². The van der Waals surface area contributed by atoms with E-state index in [0.29, 0.717) is 31.0 Å². The molecule has 4 aromatic rings. The number of nitrogens with zero attached hydrogens (tertiary/aromatic N) is 2. The van der Waals surface area contributed by atoms with Crippen LogP contribution in [-0.2, 0) is 9.59 Å². The molecule has 1 fully saturated rings. The molecular weight excluding hydrogens is 536 g/mol. The van der Waals surface area contributed by atoms with Crippen LogP contribution in [0.15, 0.2) is 66.2 Å². The summed E-state index contributed by atoms with van der Waals surface area (Å²) in [5, 5.41) is 11.4. The molecule has 210 valence electrons. The van der Waals surface area contributed by atoms with Crippen molar-refractivity contribution in [2.75, 3.05) is 36.0 Å². The summed E-state index contributed by atoms with van der Waals surface area (Å²) < 4.78 is 0.934. The number of likely N-dealkylation sites (tertiary alicyclic amines) is 1. The second kappa shape index (κ2) is 12.6. The Labute approximate surface area is 242 Å². The van der Waals surface area contributed by atoms with E-state index in [1.807, 2.05) is 65.7 Å². The number of amides is 4. The lowest BCUT2D eigenvalue weighted by Gasteiger charge is -2.14. The van der Waals surface area contributed by atoms with Gasteiger partial charge < -0.3 is 26.6 Å². The van der Waals surface area contributed by atoms with Crippen LogP contribution in [0.25, 0.3) is 27.3 Å². The Bertz CT molecular complexity index is 1610. The highest BCUT2D eigenvalue weighted by molar-refractivity contribution is 7.18. The van der Waals surface area contributed by atoms with Gasteiger partial charge in [0.15, 0.2) is 0 Å². The predicted octanol–water partition coefficient (Wildman–Crippen LogP) is 5.64. The second-order valence-corrected chi connectivity index (χ2v) is 10.8. The Morgan fingerprint density at radius 3 is 2.68 bits per heavy atom. The van der Waals surface area contributed by atoms with Gasteiger partial charge in [0.05, 0.1) is 0 Å². The summed E-state index contributed by atoms with van der Waals surface area (Å²) in [6.07, 6.45) is 7.17. The molecule has 0 bridgehead atoms. The zero-order valence-electron chi connectivity index (χ0n) is 22.8. The molecule has 0 aliphatic carbocycles. The number of nitrogens with two attached hydrogens (primary N) is 1. The van der Waals surface area contributed by atoms with Crippen LogP contribution in [0.5, 0.6) is 0 Å². The largest absolute Gasteiger partial charge is 0.383 e. The van der Waals surface area contributed by atoms with Gasteiger partial charge >= 0.3 is 6.03 Å². The summed E-state index contributed by atoms with van der Waals surface area (Å²) >= 11 is 1.53. The van der Waals surface area contributed by atoms with E-state index in [0.717, 1.165) is 57.4 Å². The summed E-state index contributed by atoms with van der Waals surface area (Å²) in [5.74, 6) is 0.406. The van der Waals surface area contributed by atoms with Crippen molar-refractivity contribution in [3.63, 3.8) is 0 Å². The standard InChI is InChI=1S/C31H32N6O3S/c1-20-5-2-6-24(17-20)36-31(40)35-23-11-8-21(9-12-23)25-19-41-29-22(18-34-30(32)28(25)29)10-13-26(38)33-14-4-16-37-15-3-7-27(37)39/h2,5-6,8-13,17-19H,3-4,7,14-16H2,1H3,(H2,32,34)(H,33,38)(H2,35,36,40)/b13-10+. The molecule has 0 unspecified atom stereocenters. The summed E-state index contributed by atoms with van der Waals surface area (Å²) in [6.45, 7) is 3.95. The first-order valence-electron chi connectivity index (χ1n) is 13.5. The van der Waals surface area contributed by atoms with Crippen molar-refractivity contribution < 1.29 is 14.4 Å². The maximum Gasteiger partial charge on any atom is 0.323 e. The smallest absolute Gasteiger partial charge is 0.323 e.